The van der Waals surface area contributed by atoms with E-state index >= 15 is 0 Å². The van der Waals surface area contributed by atoms with Crippen molar-refractivity contribution in [2.75, 3.05) is 18.5 Å². The van der Waals surface area contributed by atoms with E-state index in [1.54, 1.807) is 18.2 Å². The van der Waals surface area contributed by atoms with Crippen molar-refractivity contribution >= 4 is 15.5 Å². The van der Waals surface area contributed by atoms with E-state index in [-0.39, 0.29) is 24.9 Å². The summed E-state index contributed by atoms with van der Waals surface area (Å²) in [6.45, 7) is 0.484. The van der Waals surface area contributed by atoms with Gasteiger partial charge in [-0.15, -0.1) is 0 Å². The van der Waals surface area contributed by atoms with Gasteiger partial charge >= 0.3 is 5.76 Å². The third-order valence-corrected chi connectivity index (χ3v) is 4.95. The summed E-state index contributed by atoms with van der Waals surface area (Å²) in [6.07, 6.45) is -0.373. The Balaban J connectivity index is 1.73. The van der Waals surface area contributed by atoms with Gasteiger partial charge in [-0.3, -0.25) is 0 Å². The molecule has 0 saturated heterocycles. The van der Waals surface area contributed by atoms with E-state index in [9.17, 15) is 17.2 Å². The molecule has 1 unspecified atom stereocenters. The fourth-order valence-corrected chi connectivity index (χ4v) is 3.25. The highest BCUT2D eigenvalue weighted by molar-refractivity contribution is 7.91. The molecule has 3 rings (SSSR count). The number of sulfone groups is 1. The lowest BCUT2D eigenvalue weighted by Crippen LogP contribution is -2.35. The maximum absolute atomic E-state index is 12.8. The van der Waals surface area contributed by atoms with Crippen molar-refractivity contribution in [1.82, 2.24) is 0 Å². The van der Waals surface area contributed by atoms with Crippen LogP contribution in [0.15, 0.2) is 53.4 Å². The van der Waals surface area contributed by atoms with Crippen molar-refractivity contribution in [2.24, 2.45) is 0 Å². The van der Waals surface area contributed by atoms with Crippen LogP contribution in [0, 0.1) is 0 Å². The Kier molecular flexibility index (Phi) is 4.57. The van der Waals surface area contributed by atoms with Crippen LogP contribution < -0.4 is 14.8 Å². The minimum Gasteiger partial charge on any atom is -0.486 e. The summed E-state index contributed by atoms with van der Waals surface area (Å²) >= 11 is 0. The SMILES string of the molecule is O=S(=O)(c1ccccc1NCC1COc2ccccc2O1)C(F)F. The van der Waals surface area contributed by atoms with Crippen molar-refractivity contribution in [3.05, 3.63) is 48.5 Å². The zero-order valence-electron chi connectivity index (χ0n) is 12.5. The summed E-state index contributed by atoms with van der Waals surface area (Å²) in [5, 5.41) is 2.86. The van der Waals surface area contributed by atoms with Gasteiger partial charge in [-0.1, -0.05) is 24.3 Å². The molecule has 8 heteroatoms. The van der Waals surface area contributed by atoms with E-state index < -0.39 is 20.5 Å². The van der Waals surface area contributed by atoms with Crippen molar-refractivity contribution in [1.29, 1.82) is 0 Å². The molecule has 128 valence electrons. The number of rotatable bonds is 5. The first-order valence-corrected chi connectivity index (χ1v) is 8.76. The van der Waals surface area contributed by atoms with Crippen molar-refractivity contribution < 1.29 is 26.7 Å². The third-order valence-electron chi connectivity index (χ3n) is 3.52. The van der Waals surface area contributed by atoms with Crippen LogP contribution in [0.3, 0.4) is 0 Å². The summed E-state index contributed by atoms with van der Waals surface area (Å²) in [5.41, 5.74) is 0.111. The molecule has 0 bridgehead atoms. The number of halogens is 2. The van der Waals surface area contributed by atoms with Crippen LogP contribution in [-0.2, 0) is 9.84 Å². The Bertz CT molecular complexity index is 826. The monoisotopic (exact) mass is 355 g/mol. The smallest absolute Gasteiger partial charge is 0.341 e. The second kappa shape index (κ2) is 6.64. The van der Waals surface area contributed by atoms with Crippen LogP contribution in [0.2, 0.25) is 0 Å². The lowest BCUT2D eigenvalue weighted by Gasteiger charge is -2.27. The van der Waals surface area contributed by atoms with E-state index in [2.05, 4.69) is 5.32 Å². The molecule has 0 aromatic heterocycles. The number of anilines is 1. The summed E-state index contributed by atoms with van der Waals surface area (Å²) in [7, 11) is -4.68. The van der Waals surface area contributed by atoms with E-state index in [1.165, 1.54) is 12.1 Å². The van der Waals surface area contributed by atoms with Crippen LogP contribution in [0.5, 0.6) is 11.5 Å². The standard InChI is InChI=1S/C16H15F2NO4S/c17-16(18)24(20,21)15-8-4-1-5-12(15)19-9-11-10-22-13-6-2-3-7-14(13)23-11/h1-8,11,16,19H,9-10H2. The van der Waals surface area contributed by atoms with Crippen LogP contribution in [0.1, 0.15) is 0 Å². The maximum atomic E-state index is 12.8. The first-order chi connectivity index (χ1) is 11.5. The molecular formula is C16H15F2NO4S. The number of hydrogen-bond acceptors (Lipinski definition) is 5. The number of alkyl halides is 2. The number of benzene rings is 2. The molecule has 1 heterocycles. The van der Waals surface area contributed by atoms with Gasteiger partial charge in [-0.25, -0.2) is 8.42 Å². The molecule has 2 aromatic carbocycles. The highest BCUT2D eigenvalue weighted by Crippen LogP contribution is 2.31. The van der Waals surface area contributed by atoms with Gasteiger partial charge in [0, 0.05) is 0 Å². The number of para-hydroxylation sites is 3. The zero-order valence-corrected chi connectivity index (χ0v) is 13.3. The Morgan fingerprint density at radius 3 is 2.50 bits per heavy atom. The van der Waals surface area contributed by atoms with Gasteiger partial charge in [-0.05, 0) is 24.3 Å². The Morgan fingerprint density at radius 1 is 1.08 bits per heavy atom. The second-order valence-corrected chi connectivity index (χ2v) is 7.07. The van der Waals surface area contributed by atoms with Crippen molar-refractivity contribution in [3.63, 3.8) is 0 Å². The number of hydrogen-bond donors (Lipinski definition) is 1. The van der Waals surface area contributed by atoms with Gasteiger partial charge in [0.1, 0.15) is 12.7 Å². The zero-order chi connectivity index (χ0) is 17.2. The van der Waals surface area contributed by atoms with Gasteiger partial charge < -0.3 is 14.8 Å². The van der Waals surface area contributed by atoms with E-state index in [0.717, 1.165) is 6.07 Å². The van der Waals surface area contributed by atoms with Gasteiger partial charge in [0.2, 0.25) is 9.84 Å². The van der Waals surface area contributed by atoms with Crippen LogP contribution in [-0.4, -0.2) is 33.4 Å². The number of nitrogens with one attached hydrogen (secondary N) is 1. The largest absolute Gasteiger partial charge is 0.486 e. The highest BCUT2D eigenvalue weighted by Gasteiger charge is 2.29. The summed E-state index contributed by atoms with van der Waals surface area (Å²) in [4.78, 5) is -0.433. The molecule has 1 atom stereocenters. The fourth-order valence-electron chi connectivity index (χ4n) is 2.34. The van der Waals surface area contributed by atoms with Gasteiger partial charge in [-0.2, -0.15) is 8.78 Å². The lowest BCUT2D eigenvalue weighted by atomic mass is 10.2. The predicted molar refractivity (Wildman–Crippen MR) is 84.5 cm³/mol. The first kappa shape index (κ1) is 16.5. The molecule has 1 aliphatic rings. The first-order valence-electron chi connectivity index (χ1n) is 7.22. The molecule has 0 spiro atoms. The Morgan fingerprint density at radius 2 is 1.75 bits per heavy atom. The molecule has 1 aliphatic heterocycles. The molecular weight excluding hydrogens is 340 g/mol. The molecule has 1 N–H and O–H groups in total. The van der Waals surface area contributed by atoms with Crippen LogP contribution in [0.25, 0.3) is 0 Å². The molecule has 0 fully saturated rings. The molecule has 0 aliphatic carbocycles. The average Bonchev–Trinajstić information content (AvgIpc) is 2.60. The normalized spacial score (nSPS) is 16.9. The highest BCUT2D eigenvalue weighted by atomic mass is 32.2. The quantitative estimate of drug-likeness (QED) is 0.893. The van der Waals surface area contributed by atoms with E-state index in [1.807, 2.05) is 12.1 Å². The molecule has 24 heavy (non-hydrogen) atoms. The van der Waals surface area contributed by atoms with Crippen LogP contribution in [0.4, 0.5) is 14.5 Å². The van der Waals surface area contributed by atoms with E-state index in [4.69, 9.17) is 9.47 Å². The minimum atomic E-state index is -4.68. The van der Waals surface area contributed by atoms with Crippen molar-refractivity contribution in [3.8, 4) is 11.5 Å². The average molecular weight is 355 g/mol. The maximum Gasteiger partial charge on any atom is 0.341 e. The molecule has 5 nitrogen and oxygen atoms in total. The summed E-state index contributed by atoms with van der Waals surface area (Å²) < 4.78 is 60.3. The fraction of sp³-hybridized carbons (Fsp3) is 0.250. The van der Waals surface area contributed by atoms with Gasteiger partial charge in [0.05, 0.1) is 17.1 Å². The number of ether oxygens (including phenoxy) is 2. The van der Waals surface area contributed by atoms with E-state index in [0.29, 0.717) is 11.5 Å². The Labute approximate surface area is 138 Å². The van der Waals surface area contributed by atoms with Crippen molar-refractivity contribution in [2.45, 2.75) is 16.8 Å². The van der Waals surface area contributed by atoms with Crippen LogP contribution >= 0.6 is 0 Å². The predicted octanol–water partition coefficient (Wildman–Crippen LogP) is 2.93. The second-order valence-electron chi connectivity index (χ2n) is 5.18. The molecule has 0 amide bonds. The molecule has 0 radical (unpaired) electrons. The van der Waals surface area contributed by atoms with Gasteiger partial charge in [0.15, 0.2) is 11.5 Å². The Hall–Kier alpha value is -2.35. The molecule has 2 aromatic rings. The third kappa shape index (κ3) is 3.28. The topological polar surface area (TPSA) is 64.6 Å². The number of fused-ring (bicyclic) bond motifs is 1. The minimum absolute atomic E-state index is 0.111. The summed E-state index contributed by atoms with van der Waals surface area (Å²) in [5.74, 6) is -2.25. The molecule has 0 saturated carbocycles. The van der Waals surface area contributed by atoms with Gasteiger partial charge in [0.25, 0.3) is 0 Å². The summed E-state index contributed by atoms with van der Waals surface area (Å²) in [6, 6.07) is 12.7. The lowest BCUT2D eigenvalue weighted by molar-refractivity contribution is 0.0997.